The number of hydrogen-bond acceptors (Lipinski definition) is 2. The highest BCUT2D eigenvalue weighted by Gasteiger charge is 2.36. The molecule has 0 radical (unpaired) electrons. The summed E-state index contributed by atoms with van der Waals surface area (Å²) in [5.41, 5.74) is 0. The van der Waals surface area contributed by atoms with E-state index in [1.54, 1.807) is 0 Å². The highest BCUT2D eigenvalue weighted by molar-refractivity contribution is 6.74. The lowest BCUT2D eigenvalue weighted by Crippen LogP contribution is -2.40. The summed E-state index contributed by atoms with van der Waals surface area (Å²) in [6.45, 7) is 13.0. The molecule has 0 fully saturated rings. The van der Waals surface area contributed by atoms with Crippen molar-refractivity contribution < 1.29 is 9.53 Å². The van der Waals surface area contributed by atoms with Gasteiger partial charge in [-0.2, -0.15) is 0 Å². The minimum Gasteiger partial charge on any atom is -0.417 e. The van der Waals surface area contributed by atoms with E-state index in [0.29, 0.717) is 11.6 Å². The van der Waals surface area contributed by atoms with Crippen molar-refractivity contribution in [1.82, 2.24) is 0 Å². The van der Waals surface area contributed by atoms with Gasteiger partial charge in [0.1, 0.15) is 0 Å². The molecule has 0 spiro atoms. The quantitative estimate of drug-likeness (QED) is 0.175. The van der Waals surface area contributed by atoms with Gasteiger partial charge in [0.2, 0.25) is 0 Å². The van der Waals surface area contributed by atoms with Gasteiger partial charge >= 0.3 is 0 Å². The van der Waals surface area contributed by atoms with Crippen molar-refractivity contribution in [3.8, 4) is 0 Å². The van der Waals surface area contributed by atoms with E-state index in [1.807, 2.05) is 0 Å². The van der Waals surface area contributed by atoms with Crippen LogP contribution < -0.4 is 0 Å². The van der Waals surface area contributed by atoms with Crippen LogP contribution in [0.5, 0.6) is 0 Å². The van der Waals surface area contributed by atoms with Crippen molar-refractivity contribution in [2.24, 2.45) is 0 Å². The lowest BCUT2D eigenvalue weighted by molar-refractivity contribution is 0.277. The Hall–Kier alpha value is 0.137. The average Bonchev–Trinajstić information content (AvgIpc) is 2.59. The van der Waals surface area contributed by atoms with E-state index in [2.05, 4.69) is 33.9 Å². The fourth-order valence-electron chi connectivity index (χ4n) is 3.23. The molecular weight excluding hydrogens is 348 g/mol. The summed E-state index contributed by atoms with van der Waals surface area (Å²) in [5, 5.41) is 9.08. The fourth-order valence-corrected chi connectivity index (χ4v) is 4.32. The first kappa shape index (κ1) is 27.1. The highest BCUT2D eigenvalue weighted by atomic mass is 28.4. The van der Waals surface area contributed by atoms with Gasteiger partial charge in [0.25, 0.3) is 0 Å². The summed E-state index contributed by atoms with van der Waals surface area (Å²) in [7, 11) is -1.52. The molecule has 164 valence electrons. The number of rotatable bonds is 19. The molecule has 0 rings (SSSR count). The van der Waals surface area contributed by atoms with Crippen LogP contribution in [0.2, 0.25) is 18.1 Å². The largest absolute Gasteiger partial charge is 0.417 e. The molecular formula is C24H52O2Si. The van der Waals surface area contributed by atoms with Crippen molar-refractivity contribution in [3.05, 3.63) is 0 Å². The molecule has 2 nitrogen and oxygen atoms in total. The second-order valence-electron chi connectivity index (χ2n) is 9.99. The lowest BCUT2D eigenvalue weighted by Gasteiger charge is -2.36. The van der Waals surface area contributed by atoms with Crippen molar-refractivity contribution in [3.63, 3.8) is 0 Å². The second-order valence-corrected chi connectivity index (χ2v) is 14.8. The van der Waals surface area contributed by atoms with Gasteiger partial charge in [0, 0.05) is 13.2 Å². The van der Waals surface area contributed by atoms with Crippen LogP contribution in [-0.2, 0) is 4.43 Å². The first-order valence-electron chi connectivity index (χ1n) is 12.1. The zero-order valence-electron chi connectivity index (χ0n) is 19.6. The van der Waals surface area contributed by atoms with Gasteiger partial charge in [-0.3, -0.25) is 0 Å². The molecule has 1 N–H and O–H groups in total. The molecule has 0 aromatic carbocycles. The van der Waals surface area contributed by atoms with Crippen LogP contribution >= 0.6 is 0 Å². The molecule has 0 amide bonds. The number of hydrogen-bond donors (Lipinski definition) is 1. The molecule has 0 aromatic rings. The molecule has 3 heteroatoms. The molecule has 0 saturated carbocycles. The summed E-state index contributed by atoms with van der Waals surface area (Å²) in [6, 6.07) is 0. The summed E-state index contributed by atoms with van der Waals surface area (Å²) < 4.78 is 6.25. The zero-order valence-corrected chi connectivity index (χ0v) is 20.6. The Bertz CT molecular complexity index is 310. The topological polar surface area (TPSA) is 29.5 Å². The molecule has 27 heavy (non-hydrogen) atoms. The predicted molar refractivity (Wildman–Crippen MR) is 124 cm³/mol. The molecule has 0 unspecified atom stereocenters. The molecule has 0 atom stereocenters. The Morgan fingerprint density at radius 3 is 1.15 bits per heavy atom. The van der Waals surface area contributed by atoms with Crippen LogP contribution in [0.25, 0.3) is 0 Å². The van der Waals surface area contributed by atoms with E-state index in [9.17, 15) is 0 Å². The first-order valence-corrected chi connectivity index (χ1v) is 15.0. The maximum atomic E-state index is 8.74. The first-order chi connectivity index (χ1) is 12.8. The predicted octanol–water partition coefficient (Wildman–Crippen LogP) is 8.24. The Labute approximate surface area is 173 Å². The monoisotopic (exact) mass is 400 g/mol. The van der Waals surface area contributed by atoms with Gasteiger partial charge < -0.3 is 9.53 Å². The van der Waals surface area contributed by atoms with E-state index >= 15 is 0 Å². The molecule has 0 bridgehead atoms. The van der Waals surface area contributed by atoms with Crippen molar-refractivity contribution in [2.75, 3.05) is 13.2 Å². The number of unbranched alkanes of at least 4 members (excludes halogenated alkanes) is 15. The fraction of sp³-hybridized carbons (Fsp3) is 1.00. The molecule has 0 saturated heterocycles. The van der Waals surface area contributed by atoms with Gasteiger partial charge in [-0.05, 0) is 31.0 Å². The van der Waals surface area contributed by atoms with Gasteiger partial charge in [0.05, 0.1) is 0 Å². The summed E-state index contributed by atoms with van der Waals surface area (Å²) in [5.74, 6) is 0. The standard InChI is InChI=1S/C24H52O2Si/c1-24(2,3)27(4,5)26-23-21-19-17-15-13-11-9-7-6-8-10-12-14-16-18-20-22-25/h25H,6-23H2,1-5H3. The number of aliphatic hydroxyl groups excluding tert-OH is 1. The maximum absolute atomic E-state index is 8.74. The molecule has 0 aliphatic carbocycles. The van der Waals surface area contributed by atoms with Crippen LogP contribution in [0.15, 0.2) is 0 Å². The summed E-state index contributed by atoms with van der Waals surface area (Å²) in [4.78, 5) is 0. The average molecular weight is 401 g/mol. The Morgan fingerprint density at radius 1 is 0.556 bits per heavy atom. The summed E-state index contributed by atoms with van der Waals surface area (Å²) >= 11 is 0. The van der Waals surface area contributed by atoms with Crippen molar-refractivity contribution in [2.45, 2.75) is 142 Å². The minimum atomic E-state index is -1.52. The van der Waals surface area contributed by atoms with Gasteiger partial charge in [-0.15, -0.1) is 0 Å². The van der Waals surface area contributed by atoms with E-state index in [-0.39, 0.29) is 0 Å². The third kappa shape index (κ3) is 16.8. The molecule has 0 aliphatic heterocycles. The summed E-state index contributed by atoms with van der Waals surface area (Å²) in [6.07, 6.45) is 21.6. The lowest BCUT2D eigenvalue weighted by atomic mass is 10.0. The van der Waals surface area contributed by atoms with Gasteiger partial charge in [-0.25, -0.2) is 0 Å². The van der Waals surface area contributed by atoms with E-state index in [1.165, 1.54) is 96.3 Å². The Morgan fingerprint density at radius 2 is 0.852 bits per heavy atom. The van der Waals surface area contributed by atoms with Crippen LogP contribution in [0.3, 0.4) is 0 Å². The Balaban J connectivity index is 3.19. The van der Waals surface area contributed by atoms with E-state index in [4.69, 9.17) is 9.53 Å². The highest BCUT2D eigenvalue weighted by Crippen LogP contribution is 2.36. The third-order valence-corrected chi connectivity index (χ3v) is 10.9. The van der Waals surface area contributed by atoms with Gasteiger partial charge in [0.15, 0.2) is 8.32 Å². The molecule has 0 aliphatic rings. The second kappa shape index (κ2) is 17.0. The number of aliphatic hydroxyl groups is 1. The third-order valence-electron chi connectivity index (χ3n) is 6.32. The normalized spacial score (nSPS) is 12.7. The SMILES string of the molecule is CC(C)(C)[Si](C)(C)OCCCCCCCCCCCCCCCCCCO. The van der Waals surface area contributed by atoms with Crippen LogP contribution in [-0.4, -0.2) is 26.6 Å². The minimum absolute atomic E-state index is 0.341. The Kier molecular flexibility index (Phi) is 17.1. The molecule has 0 aromatic heterocycles. The van der Waals surface area contributed by atoms with Gasteiger partial charge in [-0.1, -0.05) is 111 Å². The van der Waals surface area contributed by atoms with Crippen molar-refractivity contribution in [1.29, 1.82) is 0 Å². The smallest absolute Gasteiger partial charge is 0.191 e. The van der Waals surface area contributed by atoms with Crippen LogP contribution in [0, 0.1) is 0 Å². The molecule has 0 heterocycles. The van der Waals surface area contributed by atoms with Crippen LogP contribution in [0.1, 0.15) is 124 Å². The van der Waals surface area contributed by atoms with E-state index < -0.39 is 8.32 Å². The van der Waals surface area contributed by atoms with Crippen LogP contribution in [0.4, 0.5) is 0 Å². The van der Waals surface area contributed by atoms with Crippen molar-refractivity contribution >= 4 is 8.32 Å². The zero-order chi connectivity index (χ0) is 20.4. The maximum Gasteiger partial charge on any atom is 0.191 e. The van der Waals surface area contributed by atoms with E-state index in [0.717, 1.165) is 13.0 Å².